The van der Waals surface area contributed by atoms with Gasteiger partial charge in [0.05, 0.1) is 0 Å². The zero-order chi connectivity index (χ0) is 12.6. The molecule has 3 N–H and O–H groups in total. The molecule has 5 heteroatoms. The Morgan fingerprint density at radius 1 is 1.25 bits per heavy atom. The molecule has 0 saturated carbocycles. The first-order valence-corrected chi connectivity index (χ1v) is 5.72. The Kier molecular flexibility index (Phi) is 7.54. The van der Waals surface area contributed by atoms with Crippen LogP contribution in [0, 0.1) is 5.92 Å². The molecule has 1 aliphatic rings. The van der Waals surface area contributed by atoms with Crippen LogP contribution in [0.2, 0.25) is 0 Å². The van der Waals surface area contributed by atoms with Gasteiger partial charge in [0.2, 0.25) is 0 Å². The second-order valence-electron chi connectivity index (χ2n) is 3.89. The number of nitrogens with one attached hydrogen (secondary N) is 1. The maximum absolute atomic E-state index is 9.10. The number of carboxylic acid groups (broad SMARTS) is 2. The molecule has 0 aromatic rings. The summed E-state index contributed by atoms with van der Waals surface area (Å²) in [6.45, 7) is 5.85. The molecule has 0 amide bonds. The molecule has 0 spiro atoms. The fourth-order valence-corrected chi connectivity index (χ4v) is 1.97. The van der Waals surface area contributed by atoms with Gasteiger partial charge < -0.3 is 15.5 Å². The summed E-state index contributed by atoms with van der Waals surface area (Å²) in [5, 5.41) is 18.3. The van der Waals surface area contributed by atoms with Crippen LogP contribution in [0.15, 0.2) is 0 Å². The van der Waals surface area contributed by atoms with Crippen LogP contribution in [0.4, 0.5) is 0 Å². The number of carboxylic acids is 2. The third kappa shape index (κ3) is 5.70. The fourth-order valence-electron chi connectivity index (χ4n) is 1.97. The van der Waals surface area contributed by atoms with Crippen molar-refractivity contribution in [2.24, 2.45) is 5.92 Å². The Morgan fingerprint density at radius 3 is 2.00 bits per heavy atom. The van der Waals surface area contributed by atoms with Crippen LogP contribution in [-0.4, -0.2) is 34.7 Å². The van der Waals surface area contributed by atoms with Gasteiger partial charge in [-0.1, -0.05) is 26.7 Å². The van der Waals surface area contributed by atoms with Crippen LogP contribution in [0.5, 0.6) is 0 Å². The van der Waals surface area contributed by atoms with Gasteiger partial charge in [0.25, 0.3) is 0 Å². The lowest BCUT2D eigenvalue weighted by Gasteiger charge is -2.20. The monoisotopic (exact) mass is 231 g/mol. The standard InChI is InChI=1S/C9H19N.C2H2O4/c1-3-8(4-2)9-6-5-7-10-9;3-1(4)2(5)6/h8-10H,3-7H2,1-2H3;(H,3,4)(H,5,6). The molecule has 1 heterocycles. The van der Waals surface area contributed by atoms with Gasteiger partial charge in [0.15, 0.2) is 0 Å². The second kappa shape index (κ2) is 8.10. The summed E-state index contributed by atoms with van der Waals surface area (Å²) in [5.74, 6) is -2.72. The van der Waals surface area contributed by atoms with E-state index < -0.39 is 11.9 Å². The van der Waals surface area contributed by atoms with Crippen molar-refractivity contribution in [2.45, 2.75) is 45.6 Å². The van der Waals surface area contributed by atoms with Gasteiger partial charge in [-0.05, 0) is 25.3 Å². The van der Waals surface area contributed by atoms with Gasteiger partial charge in [0.1, 0.15) is 0 Å². The predicted molar refractivity (Wildman–Crippen MR) is 60.4 cm³/mol. The van der Waals surface area contributed by atoms with Crippen LogP contribution in [0.3, 0.4) is 0 Å². The molecule has 1 unspecified atom stereocenters. The molecule has 1 rings (SSSR count). The lowest BCUT2D eigenvalue weighted by Crippen LogP contribution is -2.29. The molecule has 16 heavy (non-hydrogen) atoms. The largest absolute Gasteiger partial charge is 0.473 e. The summed E-state index contributed by atoms with van der Waals surface area (Å²) in [6, 6.07) is 0.843. The highest BCUT2D eigenvalue weighted by atomic mass is 16.4. The van der Waals surface area contributed by atoms with Gasteiger partial charge in [0, 0.05) is 6.04 Å². The van der Waals surface area contributed by atoms with Crippen LogP contribution in [0.25, 0.3) is 0 Å². The molecule has 0 radical (unpaired) electrons. The third-order valence-corrected chi connectivity index (χ3v) is 2.90. The number of carbonyl (C=O) groups is 2. The summed E-state index contributed by atoms with van der Waals surface area (Å²) in [6.07, 6.45) is 5.48. The van der Waals surface area contributed by atoms with E-state index >= 15 is 0 Å². The van der Waals surface area contributed by atoms with Crippen LogP contribution in [-0.2, 0) is 9.59 Å². The van der Waals surface area contributed by atoms with E-state index in [4.69, 9.17) is 19.8 Å². The minimum absolute atomic E-state index is 0.843. The topological polar surface area (TPSA) is 86.6 Å². The van der Waals surface area contributed by atoms with Crippen LogP contribution < -0.4 is 5.32 Å². The van der Waals surface area contributed by atoms with E-state index in [-0.39, 0.29) is 0 Å². The Balaban J connectivity index is 0.000000325. The summed E-state index contributed by atoms with van der Waals surface area (Å²) in [7, 11) is 0. The van der Waals surface area contributed by atoms with Crippen molar-refractivity contribution in [3.8, 4) is 0 Å². The van der Waals surface area contributed by atoms with E-state index in [9.17, 15) is 0 Å². The zero-order valence-electron chi connectivity index (χ0n) is 9.90. The summed E-state index contributed by atoms with van der Waals surface area (Å²) >= 11 is 0. The SMILES string of the molecule is CCC(CC)C1CCCN1.O=C(O)C(=O)O. The number of aliphatic carboxylic acids is 2. The van der Waals surface area contributed by atoms with Crippen molar-refractivity contribution in [1.82, 2.24) is 5.32 Å². The van der Waals surface area contributed by atoms with E-state index in [0.29, 0.717) is 0 Å². The van der Waals surface area contributed by atoms with E-state index in [1.54, 1.807) is 0 Å². The lowest BCUT2D eigenvalue weighted by molar-refractivity contribution is -0.159. The normalized spacial score (nSPS) is 19.1. The fraction of sp³-hybridized carbons (Fsp3) is 0.818. The van der Waals surface area contributed by atoms with Crippen molar-refractivity contribution < 1.29 is 19.8 Å². The molecule has 1 fully saturated rings. The second-order valence-corrected chi connectivity index (χ2v) is 3.89. The molecule has 0 aromatic carbocycles. The molecule has 0 aromatic heterocycles. The van der Waals surface area contributed by atoms with Crippen molar-refractivity contribution >= 4 is 11.9 Å². The summed E-state index contributed by atoms with van der Waals surface area (Å²) < 4.78 is 0. The maximum Gasteiger partial charge on any atom is 0.414 e. The van der Waals surface area contributed by atoms with Crippen molar-refractivity contribution in [3.05, 3.63) is 0 Å². The molecule has 5 nitrogen and oxygen atoms in total. The lowest BCUT2D eigenvalue weighted by atomic mass is 9.93. The molecular formula is C11H21NO4. The first-order chi connectivity index (χ1) is 7.52. The van der Waals surface area contributed by atoms with E-state index in [1.807, 2.05) is 0 Å². The Bertz CT molecular complexity index is 208. The van der Waals surface area contributed by atoms with E-state index in [1.165, 1.54) is 32.2 Å². The minimum Gasteiger partial charge on any atom is -0.473 e. The van der Waals surface area contributed by atoms with Crippen molar-refractivity contribution in [1.29, 1.82) is 0 Å². The first kappa shape index (κ1) is 14.9. The predicted octanol–water partition coefficient (Wildman–Crippen LogP) is 1.33. The van der Waals surface area contributed by atoms with Gasteiger partial charge >= 0.3 is 11.9 Å². The quantitative estimate of drug-likeness (QED) is 0.638. The highest BCUT2D eigenvalue weighted by Crippen LogP contribution is 2.20. The summed E-state index contributed by atoms with van der Waals surface area (Å²) in [4.78, 5) is 18.2. The average Bonchev–Trinajstić information content (AvgIpc) is 2.74. The number of hydrogen-bond donors (Lipinski definition) is 3. The van der Waals surface area contributed by atoms with Crippen LogP contribution in [0.1, 0.15) is 39.5 Å². The smallest absolute Gasteiger partial charge is 0.414 e. The first-order valence-electron chi connectivity index (χ1n) is 5.72. The Labute approximate surface area is 95.9 Å². The molecule has 0 aliphatic carbocycles. The maximum atomic E-state index is 9.10. The molecular weight excluding hydrogens is 210 g/mol. The van der Waals surface area contributed by atoms with Crippen molar-refractivity contribution in [3.63, 3.8) is 0 Å². The molecule has 1 saturated heterocycles. The Hall–Kier alpha value is -1.10. The van der Waals surface area contributed by atoms with Crippen molar-refractivity contribution in [2.75, 3.05) is 6.54 Å². The van der Waals surface area contributed by atoms with Gasteiger partial charge in [-0.2, -0.15) is 0 Å². The third-order valence-electron chi connectivity index (χ3n) is 2.90. The van der Waals surface area contributed by atoms with Gasteiger partial charge in [-0.3, -0.25) is 0 Å². The number of hydrogen-bond acceptors (Lipinski definition) is 3. The molecule has 94 valence electrons. The highest BCUT2D eigenvalue weighted by molar-refractivity contribution is 6.27. The van der Waals surface area contributed by atoms with Crippen LogP contribution >= 0.6 is 0 Å². The molecule has 1 aliphatic heterocycles. The molecule has 1 atom stereocenters. The summed E-state index contributed by atoms with van der Waals surface area (Å²) in [5.41, 5.74) is 0. The zero-order valence-corrected chi connectivity index (χ0v) is 9.90. The number of rotatable bonds is 3. The molecule has 0 bridgehead atoms. The van der Waals surface area contributed by atoms with Gasteiger partial charge in [-0.25, -0.2) is 9.59 Å². The highest BCUT2D eigenvalue weighted by Gasteiger charge is 2.20. The van der Waals surface area contributed by atoms with E-state index in [0.717, 1.165) is 12.0 Å². The van der Waals surface area contributed by atoms with Gasteiger partial charge in [-0.15, -0.1) is 0 Å². The minimum atomic E-state index is -1.82. The van der Waals surface area contributed by atoms with E-state index in [2.05, 4.69) is 19.2 Å². The average molecular weight is 231 g/mol. The Morgan fingerprint density at radius 2 is 1.75 bits per heavy atom.